The van der Waals surface area contributed by atoms with Crippen LogP contribution in [0.15, 0.2) is 18.5 Å². The maximum Gasteiger partial charge on any atom is 0.141 e. The highest BCUT2D eigenvalue weighted by Gasteiger charge is 2.32. The molecule has 0 radical (unpaired) electrons. The maximum absolute atomic E-state index is 13.3. The van der Waals surface area contributed by atoms with Gasteiger partial charge in [0.05, 0.1) is 12.2 Å². The van der Waals surface area contributed by atoms with Crippen molar-refractivity contribution in [3.63, 3.8) is 0 Å². The Morgan fingerprint density at radius 3 is 2.56 bits per heavy atom. The monoisotopic (exact) mass is 253 g/mol. The Balaban J connectivity index is 3.05. The SMILES string of the molecule is CCCNC(c1cncc(F)c1)C(C)(C)N(C)C. The van der Waals surface area contributed by atoms with Gasteiger partial charge in [-0.3, -0.25) is 4.98 Å². The zero-order valence-electron chi connectivity index (χ0n) is 12.0. The largest absolute Gasteiger partial charge is 0.308 e. The van der Waals surface area contributed by atoms with Gasteiger partial charge in [0.15, 0.2) is 0 Å². The van der Waals surface area contributed by atoms with E-state index < -0.39 is 0 Å². The van der Waals surface area contributed by atoms with Crippen molar-refractivity contribution in [3.8, 4) is 0 Å². The fourth-order valence-corrected chi connectivity index (χ4v) is 1.91. The van der Waals surface area contributed by atoms with Gasteiger partial charge in [0.25, 0.3) is 0 Å². The summed E-state index contributed by atoms with van der Waals surface area (Å²) in [5, 5.41) is 3.49. The molecule has 1 heterocycles. The van der Waals surface area contributed by atoms with Crippen molar-refractivity contribution in [1.82, 2.24) is 15.2 Å². The highest BCUT2D eigenvalue weighted by atomic mass is 19.1. The summed E-state index contributed by atoms with van der Waals surface area (Å²) in [5.74, 6) is -0.287. The van der Waals surface area contributed by atoms with Gasteiger partial charge in [0.2, 0.25) is 0 Å². The van der Waals surface area contributed by atoms with Crippen molar-refractivity contribution in [2.75, 3.05) is 20.6 Å². The Morgan fingerprint density at radius 1 is 1.39 bits per heavy atom. The van der Waals surface area contributed by atoms with Crippen LogP contribution in [0.2, 0.25) is 0 Å². The van der Waals surface area contributed by atoms with Crippen molar-refractivity contribution >= 4 is 0 Å². The Labute approximate surface area is 109 Å². The number of aromatic nitrogens is 1. The standard InChI is InChI=1S/C14H24FN3/c1-6-7-17-13(14(2,3)18(4)5)11-8-12(15)10-16-9-11/h8-10,13,17H,6-7H2,1-5H3. The number of nitrogens with one attached hydrogen (secondary N) is 1. The minimum Gasteiger partial charge on any atom is -0.308 e. The number of hydrogen-bond donors (Lipinski definition) is 1. The van der Waals surface area contributed by atoms with Gasteiger partial charge in [0, 0.05) is 11.7 Å². The number of likely N-dealkylation sites (N-methyl/N-ethyl adjacent to an activating group) is 1. The molecule has 102 valence electrons. The molecule has 0 amide bonds. The summed E-state index contributed by atoms with van der Waals surface area (Å²) >= 11 is 0. The molecule has 0 aliphatic rings. The summed E-state index contributed by atoms with van der Waals surface area (Å²) in [7, 11) is 4.07. The second-order valence-corrected chi connectivity index (χ2v) is 5.37. The van der Waals surface area contributed by atoms with E-state index in [-0.39, 0.29) is 17.4 Å². The summed E-state index contributed by atoms with van der Waals surface area (Å²) < 4.78 is 13.3. The summed E-state index contributed by atoms with van der Waals surface area (Å²) in [4.78, 5) is 6.10. The molecule has 1 aromatic rings. The second kappa shape index (κ2) is 6.25. The first-order valence-electron chi connectivity index (χ1n) is 6.40. The molecular weight excluding hydrogens is 229 g/mol. The van der Waals surface area contributed by atoms with Crippen LogP contribution in [0.25, 0.3) is 0 Å². The van der Waals surface area contributed by atoms with E-state index in [2.05, 4.69) is 36.0 Å². The van der Waals surface area contributed by atoms with Gasteiger partial charge in [-0.1, -0.05) is 6.92 Å². The lowest BCUT2D eigenvalue weighted by molar-refractivity contribution is 0.137. The van der Waals surface area contributed by atoms with Crippen molar-refractivity contribution < 1.29 is 4.39 Å². The molecule has 0 spiro atoms. The molecule has 1 rings (SSSR count). The smallest absolute Gasteiger partial charge is 0.141 e. The molecule has 0 aliphatic heterocycles. The van der Waals surface area contributed by atoms with E-state index in [0.717, 1.165) is 18.5 Å². The van der Waals surface area contributed by atoms with E-state index in [4.69, 9.17) is 0 Å². The molecule has 4 heteroatoms. The molecule has 1 atom stereocenters. The molecule has 3 nitrogen and oxygen atoms in total. The molecule has 0 saturated carbocycles. The third-order valence-electron chi connectivity index (χ3n) is 3.52. The molecule has 1 N–H and O–H groups in total. The van der Waals surface area contributed by atoms with Crippen molar-refractivity contribution in [2.24, 2.45) is 0 Å². The van der Waals surface area contributed by atoms with Crippen LogP contribution in [0.3, 0.4) is 0 Å². The summed E-state index contributed by atoms with van der Waals surface area (Å²) in [6, 6.07) is 1.61. The molecule has 1 aromatic heterocycles. The van der Waals surface area contributed by atoms with Crippen molar-refractivity contribution in [3.05, 3.63) is 29.8 Å². The summed E-state index contributed by atoms with van der Waals surface area (Å²) in [5.41, 5.74) is 0.770. The first-order valence-corrected chi connectivity index (χ1v) is 6.40. The zero-order chi connectivity index (χ0) is 13.8. The van der Waals surface area contributed by atoms with E-state index in [1.165, 1.54) is 6.20 Å². The van der Waals surface area contributed by atoms with Crippen LogP contribution in [-0.4, -0.2) is 36.1 Å². The number of hydrogen-bond acceptors (Lipinski definition) is 3. The minimum atomic E-state index is -0.287. The van der Waals surface area contributed by atoms with Gasteiger partial charge in [0.1, 0.15) is 5.82 Å². The lowest BCUT2D eigenvalue weighted by atomic mass is 9.88. The molecule has 18 heavy (non-hydrogen) atoms. The van der Waals surface area contributed by atoms with Gasteiger partial charge < -0.3 is 10.2 Å². The van der Waals surface area contributed by atoms with Crippen LogP contribution in [-0.2, 0) is 0 Å². The number of pyridine rings is 1. The third-order valence-corrected chi connectivity index (χ3v) is 3.52. The Hall–Kier alpha value is -1.00. The van der Waals surface area contributed by atoms with Gasteiger partial charge in [-0.05, 0) is 52.5 Å². The fourth-order valence-electron chi connectivity index (χ4n) is 1.91. The Morgan fingerprint density at radius 2 is 2.06 bits per heavy atom. The van der Waals surface area contributed by atoms with Crippen LogP contribution in [0.1, 0.15) is 38.8 Å². The highest BCUT2D eigenvalue weighted by Crippen LogP contribution is 2.29. The molecular formula is C14H24FN3. The van der Waals surface area contributed by atoms with Crippen LogP contribution in [0, 0.1) is 5.82 Å². The van der Waals surface area contributed by atoms with Gasteiger partial charge in [-0.2, -0.15) is 0 Å². The third kappa shape index (κ3) is 3.50. The molecule has 0 bridgehead atoms. The Kier molecular flexibility index (Phi) is 5.23. The first-order chi connectivity index (χ1) is 8.39. The number of halogens is 1. The zero-order valence-corrected chi connectivity index (χ0v) is 12.0. The topological polar surface area (TPSA) is 28.2 Å². The predicted octanol–water partition coefficient (Wildman–Crippen LogP) is 2.60. The van der Waals surface area contributed by atoms with E-state index in [9.17, 15) is 4.39 Å². The molecule has 0 fully saturated rings. The van der Waals surface area contributed by atoms with Gasteiger partial charge in [-0.15, -0.1) is 0 Å². The van der Waals surface area contributed by atoms with E-state index in [1.807, 2.05) is 14.1 Å². The van der Waals surface area contributed by atoms with E-state index in [1.54, 1.807) is 12.3 Å². The van der Waals surface area contributed by atoms with Crippen LogP contribution in [0.4, 0.5) is 4.39 Å². The molecule has 0 aromatic carbocycles. The van der Waals surface area contributed by atoms with Crippen LogP contribution >= 0.6 is 0 Å². The van der Waals surface area contributed by atoms with Crippen LogP contribution in [0.5, 0.6) is 0 Å². The predicted molar refractivity (Wildman–Crippen MR) is 73.0 cm³/mol. The molecule has 0 aliphatic carbocycles. The lowest BCUT2D eigenvalue weighted by Crippen LogP contribution is -2.49. The van der Waals surface area contributed by atoms with Crippen molar-refractivity contribution in [1.29, 1.82) is 0 Å². The maximum atomic E-state index is 13.3. The fraction of sp³-hybridized carbons (Fsp3) is 0.643. The van der Waals surface area contributed by atoms with Crippen LogP contribution < -0.4 is 5.32 Å². The van der Waals surface area contributed by atoms with E-state index in [0.29, 0.717) is 0 Å². The normalized spacial score (nSPS) is 13.9. The molecule has 0 saturated heterocycles. The summed E-state index contributed by atoms with van der Waals surface area (Å²) in [6.07, 6.45) is 4.02. The summed E-state index contributed by atoms with van der Waals surface area (Å²) in [6.45, 7) is 7.31. The highest BCUT2D eigenvalue weighted by molar-refractivity contribution is 5.19. The molecule has 1 unspecified atom stereocenters. The Bertz CT molecular complexity index is 377. The second-order valence-electron chi connectivity index (χ2n) is 5.37. The number of nitrogens with zero attached hydrogens (tertiary/aromatic N) is 2. The first kappa shape index (κ1) is 15.1. The lowest BCUT2D eigenvalue weighted by Gasteiger charge is -2.41. The van der Waals surface area contributed by atoms with Gasteiger partial charge >= 0.3 is 0 Å². The quantitative estimate of drug-likeness (QED) is 0.844. The van der Waals surface area contributed by atoms with Crippen molar-refractivity contribution in [2.45, 2.75) is 38.8 Å². The van der Waals surface area contributed by atoms with E-state index >= 15 is 0 Å². The van der Waals surface area contributed by atoms with Gasteiger partial charge in [-0.25, -0.2) is 4.39 Å². The minimum absolute atomic E-state index is 0.0515. The average molecular weight is 253 g/mol. The average Bonchev–Trinajstić information content (AvgIpc) is 2.29. The number of rotatable bonds is 6.